The van der Waals surface area contributed by atoms with Crippen molar-refractivity contribution in [1.82, 2.24) is 9.03 Å². The maximum atomic E-state index is 11.1. The monoisotopic (exact) mass is 210 g/mol. The van der Waals surface area contributed by atoms with Crippen LogP contribution in [0.1, 0.15) is 12.8 Å². The van der Waals surface area contributed by atoms with E-state index in [9.17, 15) is 8.42 Å². The molecule has 0 unspecified atom stereocenters. The van der Waals surface area contributed by atoms with E-state index in [4.69, 9.17) is 4.74 Å². The maximum Gasteiger partial charge on any atom is 0.278 e. The Morgan fingerprint density at radius 1 is 1.31 bits per heavy atom. The third-order valence-corrected chi connectivity index (χ3v) is 3.07. The lowest BCUT2D eigenvalue weighted by atomic mass is 10.3. The van der Waals surface area contributed by atoms with Crippen molar-refractivity contribution in [2.45, 2.75) is 12.8 Å². The first-order valence-electron chi connectivity index (χ1n) is 4.16. The van der Waals surface area contributed by atoms with Crippen molar-refractivity contribution in [1.29, 1.82) is 0 Å². The van der Waals surface area contributed by atoms with Crippen LogP contribution in [0.15, 0.2) is 0 Å². The molecule has 0 aliphatic carbocycles. The van der Waals surface area contributed by atoms with Gasteiger partial charge in [0.25, 0.3) is 10.2 Å². The first-order chi connectivity index (χ1) is 6.00. The highest BCUT2D eigenvalue weighted by molar-refractivity contribution is 7.87. The van der Waals surface area contributed by atoms with Crippen molar-refractivity contribution in [2.75, 3.05) is 34.4 Å². The normalized spacial score (nSPS) is 12.3. The zero-order valence-corrected chi connectivity index (χ0v) is 9.23. The number of methoxy groups -OCH3 is 1. The second-order valence-electron chi connectivity index (χ2n) is 2.88. The van der Waals surface area contributed by atoms with E-state index in [2.05, 4.69) is 4.72 Å². The molecule has 13 heavy (non-hydrogen) atoms. The summed E-state index contributed by atoms with van der Waals surface area (Å²) >= 11 is 0. The summed E-state index contributed by atoms with van der Waals surface area (Å²) in [6.45, 7) is 1.13. The molecule has 0 saturated carbocycles. The Balaban J connectivity index is 3.53. The van der Waals surface area contributed by atoms with Crippen LogP contribution < -0.4 is 4.72 Å². The Morgan fingerprint density at radius 2 is 1.92 bits per heavy atom. The lowest BCUT2D eigenvalue weighted by Crippen LogP contribution is -2.36. The van der Waals surface area contributed by atoms with Gasteiger partial charge in [-0.2, -0.15) is 12.7 Å². The van der Waals surface area contributed by atoms with Crippen LogP contribution in [-0.2, 0) is 14.9 Å². The van der Waals surface area contributed by atoms with Crippen LogP contribution in [0.3, 0.4) is 0 Å². The minimum atomic E-state index is -3.24. The second-order valence-corrected chi connectivity index (χ2v) is 4.85. The summed E-state index contributed by atoms with van der Waals surface area (Å²) in [6, 6.07) is 0. The van der Waals surface area contributed by atoms with Crippen LogP contribution in [-0.4, -0.2) is 47.1 Å². The molecule has 0 rings (SSSR count). The van der Waals surface area contributed by atoms with Crippen molar-refractivity contribution in [3.8, 4) is 0 Å². The highest BCUT2D eigenvalue weighted by Crippen LogP contribution is 1.91. The molecule has 0 fully saturated rings. The summed E-state index contributed by atoms with van der Waals surface area (Å²) in [7, 11) is 1.38. The predicted molar refractivity (Wildman–Crippen MR) is 51.7 cm³/mol. The first kappa shape index (κ1) is 12.8. The van der Waals surface area contributed by atoms with E-state index in [1.165, 1.54) is 14.1 Å². The maximum absolute atomic E-state index is 11.1. The molecule has 0 saturated heterocycles. The molecule has 0 aliphatic heterocycles. The van der Waals surface area contributed by atoms with Crippen molar-refractivity contribution in [3.63, 3.8) is 0 Å². The van der Waals surface area contributed by atoms with E-state index in [0.717, 1.165) is 17.1 Å². The minimum Gasteiger partial charge on any atom is -0.385 e. The van der Waals surface area contributed by atoms with E-state index in [-0.39, 0.29) is 0 Å². The van der Waals surface area contributed by atoms with E-state index >= 15 is 0 Å². The lowest BCUT2D eigenvalue weighted by Gasteiger charge is -2.11. The standard InChI is InChI=1S/C7H18N2O3S/c1-9(2)13(10,11)8-6-4-5-7-12-3/h8H,4-7H2,1-3H3. The van der Waals surface area contributed by atoms with Gasteiger partial charge in [0.05, 0.1) is 0 Å². The number of rotatable bonds is 7. The topological polar surface area (TPSA) is 58.6 Å². The van der Waals surface area contributed by atoms with Crippen LogP contribution in [0.4, 0.5) is 0 Å². The zero-order valence-electron chi connectivity index (χ0n) is 8.41. The molecule has 0 radical (unpaired) electrons. The molecule has 1 N–H and O–H groups in total. The molecule has 0 spiro atoms. The molecule has 0 amide bonds. The van der Waals surface area contributed by atoms with Crippen LogP contribution in [0.25, 0.3) is 0 Å². The Morgan fingerprint density at radius 3 is 2.38 bits per heavy atom. The molecule has 0 aromatic rings. The van der Waals surface area contributed by atoms with Crippen LogP contribution in [0, 0.1) is 0 Å². The van der Waals surface area contributed by atoms with E-state index in [1.807, 2.05) is 0 Å². The van der Waals surface area contributed by atoms with E-state index in [1.54, 1.807) is 7.11 Å². The minimum absolute atomic E-state index is 0.462. The van der Waals surface area contributed by atoms with E-state index < -0.39 is 10.2 Å². The fraction of sp³-hybridized carbons (Fsp3) is 1.00. The molecule has 0 heterocycles. The zero-order chi connectivity index (χ0) is 10.3. The van der Waals surface area contributed by atoms with Crippen LogP contribution in [0.2, 0.25) is 0 Å². The van der Waals surface area contributed by atoms with Gasteiger partial charge in [-0.15, -0.1) is 0 Å². The molecule has 5 nitrogen and oxygen atoms in total. The largest absolute Gasteiger partial charge is 0.385 e. The number of ether oxygens (including phenoxy) is 1. The van der Waals surface area contributed by atoms with Gasteiger partial charge in [-0.1, -0.05) is 0 Å². The van der Waals surface area contributed by atoms with Gasteiger partial charge in [0.15, 0.2) is 0 Å². The number of nitrogens with zero attached hydrogens (tertiary/aromatic N) is 1. The van der Waals surface area contributed by atoms with Crippen LogP contribution >= 0.6 is 0 Å². The van der Waals surface area contributed by atoms with Gasteiger partial charge in [-0.05, 0) is 12.8 Å². The highest BCUT2D eigenvalue weighted by Gasteiger charge is 2.10. The summed E-state index contributed by atoms with van der Waals surface area (Å²) in [6.07, 6.45) is 1.66. The number of hydrogen-bond donors (Lipinski definition) is 1. The molecular weight excluding hydrogens is 192 g/mol. The predicted octanol–water partition coefficient (Wildman–Crippen LogP) is -0.191. The number of hydrogen-bond acceptors (Lipinski definition) is 3. The Hall–Kier alpha value is -0.170. The van der Waals surface area contributed by atoms with Crippen molar-refractivity contribution < 1.29 is 13.2 Å². The summed E-state index contributed by atoms with van der Waals surface area (Å²) in [5.74, 6) is 0. The van der Waals surface area contributed by atoms with Crippen LogP contribution in [0.5, 0.6) is 0 Å². The first-order valence-corrected chi connectivity index (χ1v) is 5.60. The molecule has 80 valence electrons. The summed E-state index contributed by atoms with van der Waals surface area (Å²) in [4.78, 5) is 0. The van der Waals surface area contributed by atoms with Gasteiger partial charge in [0.1, 0.15) is 0 Å². The van der Waals surface area contributed by atoms with Gasteiger partial charge >= 0.3 is 0 Å². The van der Waals surface area contributed by atoms with Crippen molar-refractivity contribution in [3.05, 3.63) is 0 Å². The molecule has 0 aliphatic rings. The third-order valence-electron chi connectivity index (χ3n) is 1.54. The van der Waals surface area contributed by atoms with Gasteiger partial charge in [0.2, 0.25) is 0 Å². The Bertz CT molecular complexity index is 214. The molecular formula is C7H18N2O3S. The summed E-state index contributed by atoms with van der Waals surface area (Å²) in [5.41, 5.74) is 0. The summed E-state index contributed by atoms with van der Waals surface area (Å²) in [5, 5.41) is 0. The third kappa shape index (κ3) is 5.98. The fourth-order valence-corrected chi connectivity index (χ4v) is 1.36. The van der Waals surface area contributed by atoms with E-state index in [0.29, 0.717) is 13.2 Å². The Kier molecular flexibility index (Phi) is 6.23. The van der Waals surface area contributed by atoms with Crippen molar-refractivity contribution in [2.24, 2.45) is 0 Å². The lowest BCUT2D eigenvalue weighted by molar-refractivity contribution is 0.193. The van der Waals surface area contributed by atoms with Gasteiger partial charge in [-0.25, -0.2) is 4.72 Å². The van der Waals surface area contributed by atoms with Gasteiger partial charge in [0, 0.05) is 34.4 Å². The molecule has 6 heteroatoms. The molecule has 0 aromatic carbocycles. The number of unbranched alkanes of at least 4 members (excludes halogenated alkanes) is 1. The quantitative estimate of drug-likeness (QED) is 0.592. The summed E-state index contributed by atoms with van der Waals surface area (Å²) < 4.78 is 30.7. The second kappa shape index (κ2) is 6.31. The van der Waals surface area contributed by atoms with Gasteiger partial charge < -0.3 is 4.74 Å². The van der Waals surface area contributed by atoms with Gasteiger partial charge in [-0.3, -0.25) is 0 Å². The number of nitrogens with one attached hydrogen (secondary N) is 1. The average molecular weight is 210 g/mol. The average Bonchev–Trinajstić information content (AvgIpc) is 2.03. The SMILES string of the molecule is COCCCCNS(=O)(=O)N(C)C. The fourth-order valence-electron chi connectivity index (χ4n) is 0.702. The smallest absolute Gasteiger partial charge is 0.278 e. The molecule has 0 aromatic heterocycles. The molecule has 0 atom stereocenters. The van der Waals surface area contributed by atoms with Crippen molar-refractivity contribution >= 4 is 10.2 Å². The Labute approximate surface area is 80.2 Å². The molecule has 0 bridgehead atoms. The highest BCUT2D eigenvalue weighted by atomic mass is 32.2.